The molecule has 2 aromatic heterocycles. The Morgan fingerprint density at radius 2 is 2.08 bits per heavy atom. The first-order chi connectivity index (χ1) is 11.3. The SMILES string of the molecule is COC(=O)c1c(NC(=O)C(C)Cn2nc(C)c(Cl)c2C)cnn1C. The van der Waals surface area contributed by atoms with E-state index in [9.17, 15) is 9.59 Å². The third-order valence-corrected chi connectivity index (χ3v) is 4.31. The number of rotatable bonds is 5. The number of nitrogens with zero attached hydrogens (tertiary/aromatic N) is 4. The Hall–Kier alpha value is -2.35. The second-order valence-corrected chi connectivity index (χ2v) is 5.96. The highest BCUT2D eigenvalue weighted by molar-refractivity contribution is 6.31. The van der Waals surface area contributed by atoms with Gasteiger partial charge in [0.25, 0.3) is 0 Å². The average molecular weight is 354 g/mol. The monoisotopic (exact) mass is 353 g/mol. The highest BCUT2D eigenvalue weighted by atomic mass is 35.5. The van der Waals surface area contributed by atoms with E-state index in [1.807, 2.05) is 13.8 Å². The van der Waals surface area contributed by atoms with Gasteiger partial charge >= 0.3 is 5.97 Å². The van der Waals surface area contributed by atoms with Crippen molar-refractivity contribution in [3.8, 4) is 0 Å². The fourth-order valence-electron chi connectivity index (χ4n) is 2.32. The smallest absolute Gasteiger partial charge is 0.358 e. The summed E-state index contributed by atoms with van der Waals surface area (Å²) in [6.07, 6.45) is 1.41. The molecule has 0 bridgehead atoms. The number of aromatic nitrogens is 4. The van der Waals surface area contributed by atoms with Crippen LogP contribution in [0.5, 0.6) is 0 Å². The Balaban J connectivity index is 2.12. The number of ether oxygens (including phenoxy) is 1. The van der Waals surface area contributed by atoms with Crippen LogP contribution in [0.1, 0.15) is 28.8 Å². The molecule has 0 fully saturated rings. The zero-order chi connectivity index (χ0) is 18.0. The molecule has 1 amide bonds. The molecule has 9 heteroatoms. The van der Waals surface area contributed by atoms with Crippen LogP contribution in [0.15, 0.2) is 6.20 Å². The number of methoxy groups -OCH3 is 1. The maximum absolute atomic E-state index is 12.4. The van der Waals surface area contributed by atoms with Crippen LogP contribution in [-0.2, 0) is 23.1 Å². The van der Waals surface area contributed by atoms with Gasteiger partial charge in [0, 0.05) is 7.05 Å². The average Bonchev–Trinajstić information content (AvgIpc) is 3.02. The van der Waals surface area contributed by atoms with Gasteiger partial charge in [0.2, 0.25) is 5.91 Å². The quantitative estimate of drug-likeness (QED) is 0.829. The minimum atomic E-state index is -0.566. The number of esters is 1. The highest BCUT2D eigenvalue weighted by Crippen LogP contribution is 2.21. The summed E-state index contributed by atoms with van der Waals surface area (Å²) in [6.45, 7) is 5.81. The van der Waals surface area contributed by atoms with E-state index in [1.54, 1.807) is 18.7 Å². The topological polar surface area (TPSA) is 91.0 Å². The van der Waals surface area contributed by atoms with E-state index in [0.717, 1.165) is 11.4 Å². The lowest BCUT2D eigenvalue weighted by atomic mass is 10.1. The third kappa shape index (κ3) is 3.43. The Labute approximate surface area is 144 Å². The zero-order valence-corrected chi connectivity index (χ0v) is 15.0. The van der Waals surface area contributed by atoms with E-state index in [4.69, 9.17) is 16.3 Å². The van der Waals surface area contributed by atoms with E-state index >= 15 is 0 Å². The van der Waals surface area contributed by atoms with Crippen molar-refractivity contribution < 1.29 is 14.3 Å². The molecule has 2 heterocycles. The zero-order valence-electron chi connectivity index (χ0n) is 14.3. The van der Waals surface area contributed by atoms with Crippen molar-refractivity contribution in [3.63, 3.8) is 0 Å². The molecule has 0 radical (unpaired) electrons. The Morgan fingerprint density at radius 3 is 2.62 bits per heavy atom. The molecular formula is C15H20ClN5O3. The molecule has 130 valence electrons. The number of amides is 1. The number of nitrogens with one attached hydrogen (secondary N) is 1. The van der Waals surface area contributed by atoms with Crippen molar-refractivity contribution >= 4 is 29.2 Å². The molecule has 0 aliphatic carbocycles. The van der Waals surface area contributed by atoms with Gasteiger partial charge in [-0.2, -0.15) is 10.2 Å². The normalized spacial score (nSPS) is 12.1. The first-order valence-electron chi connectivity index (χ1n) is 7.37. The van der Waals surface area contributed by atoms with Gasteiger partial charge in [-0.15, -0.1) is 0 Å². The number of aryl methyl sites for hydroxylation is 2. The number of carbonyl (C=O) groups excluding carboxylic acids is 2. The number of hydrogen-bond acceptors (Lipinski definition) is 5. The molecule has 0 aliphatic rings. The molecule has 8 nitrogen and oxygen atoms in total. The van der Waals surface area contributed by atoms with E-state index in [-0.39, 0.29) is 17.5 Å². The van der Waals surface area contributed by atoms with Gasteiger partial charge in [-0.3, -0.25) is 14.2 Å². The Morgan fingerprint density at radius 1 is 1.42 bits per heavy atom. The second-order valence-electron chi connectivity index (χ2n) is 5.58. The van der Waals surface area contributed by atoms with Crippen LogP contribution in [0.3, 0.4) is 0 Å². The van der Waals surface area contributed by atoms with Crippen molar-refractivity contribution in [3.05, 3.63) is 28.3 Å². The lowest BCUT2D eigenvalue weighted by Gasteiger charge is -2.13. The van der Waals surface area contributed by atoms with Gasteiger partial charge in [-0.05, 0) is 13.8 Å². The van der Waals surface area contributed by atoms with Crippen molar-refractivity contribution in [2.24, 2.45) is 13.0 Å². The van der Waals surface area contributed by atoms with Crippen molar-refractivity contribution in [2.45, 2.75) is 27.3 Å². The predicted molar refractivity (Wildman–Crippen MR) is 89.1 cm³/mol. The molecule has 1 atom stereocenters. The summed E-state index contributed by atoms with van der Waals surface area (Å²) in [5.74, 6) is -1.20. The maximum Gasteiger partial charge on any atom is 0.358 e. The fraction of sp³-hybridized carbons (Fsp3) is 0.467. The largest absolute Gasteiger partial charge is 0.464 e. The van der Waals surface area contributed by atoms with Crippen LogP contribution in [0.4, 0.5) is 5.69 Å². The molecule has 0 saturated heterocycles. The summed E-state index contributed by atoms with van der Waals surface area (Å²) in [5, 5.41) is 11.6. The lowest BCUT2D eigenvalue weighted by Crippen LogP contribution is -2.26. The molecule has 0 aliphatic heterocycles. The maximum atomic E-state index is 12.4. The molecule has 1 N–H and O–H groups in total. The van der Waals surface area contributed by atoms with Gasteiger partial charge in [0.15, 0.2) is 5.69 Å². The van der Waals surface area contributed by atoms with E-state index in [1.165, 1.54) is 18.0 Å². The van der Waals surface area contributed by atoms with Crippen molar-refractivity contribution in [2.75, 3.05) is 12.4 Å². The van der Waals surface area contributed by atoms with E-state index in [2.05, 4.69) is 15.5 Å². The van der Waals surface area contributed by atoms with Gasteiger partial charge in [-0.1, -0.05) is 18.5 Å². The van der Waals surface area contributed by atoms with Gasteiger partial charge in [0.05, 0.1) is 47.9 Å². The van der Waals surface area contributed by atoms with Crippen LogP contribution in [0.2, 0.25) is 5.02 Å². The summed E-state index contributed by atoms with van der Waals surface area (Å²) >= 11 is 6.12. The standard InChI is InChI=1S/C15H20ClN5O3/c1-8(7-21-10(3)12(16)9(2)19-21)14(22)18-11-6-17-20(4)13(11)15(23)24-5/h6,8H,7H2,1-5H3,(H,18,22). The summed E-state index contributed by atoms with van der Waals surface area (Å²) in [6, 6.07) is 0. The van der Waals surface area contributed by atoms with Gasteiger partial charge in [0.1, 0.15) is 0 Å². The number of anilines is 1. The minimum Gasteiger partial charge on any atom is -0.464 e. The third-order valence-electron chi connectivity index (χ3n) is 3.76. The molecule has 2 rings (SSSR count). The minimum absolute atomic E-state index is 0.187. The van der Waals surface area contributed by atoms with Crippen LogP contribution in [0.25, 0.3) is 0 Å². The summed E-state index contributed by atoms with van der Waals surface area (Å²) in [4.78, 5) is 24.2. The molecular weight excluding hydrogens is 334 g/mol. The summed E-state index contributed by atoms with van der Waals surface area (Å²) < 4.78 is 7.76. The number of carbonyl (C=O) groups is 2. The Kier molecular flexibility index (Phi) is 5.28. The molecule has 24 heavy (non-hydrogen) atoms. The highest BCUT2D eigenvalue weighted by Gasteiger charge is 2.22. The summed E-state index contributed by atoms with van der Waals surface area (Å²) in [7, 11) is 2.87. The van der Waals surface area contributed by atoms with Crippen LogP contribution >= 0.6 is 11.6 Å². The van der Waals surface area contributed by atoms with Crippen LogP contribution < -0.4 is 5.32 Å². The summed E-state index contributed by atoms with van der Waals surface area (Å²) in [5.41, 5.74) is 2.03. The van der Waals surface area contributed by atoms with Crippen LogP contribution in [-0.4, -0.2) is 38.5 Å². The molecule has 0 aromatic carbocycles. The fourth-order valence-corrected chi connectivity index (χ4v) is 2.45. The molecule has 0 saturated carbocycles. The molecule has 1 unspecified atom stereocenters. The number of halogens is 1. The first kappa shape index (κ1) is 18.0. The predicted octanol–water partition coefficient (Wildman–Crippen LogP) is 1.95. The molecule has 0 spiro atoms. The van der Waals surface area contributed by atoms with Crippen LogP contribution in [0, 0.1) is 19.8 Å². The lowest BCUT2D eigenvalue weighted by molar-refractivity contribution is -0.119. The molecule has 2 aromatic rings. The van der Waals surface area contributed by atoms with Gasteiger partial charge in [-0.25, -0.2) is 4.79 Å². The first-order valence-corrected chi connectivity index (χ1v) is 7.74. The van der Waals surface area contributed by atoms with Gasteiger partial charge < -0.3 is 10.1 Å². The Bertz CT molecular complexity index is 780. The van der Waals surface area contributed by atoms with E-state index in [0.29, 0.717) is 17.3 Å². The number of hydrogen-bond donors (Lipinski definition) is 1. The van der Waals surface area contributed by atoms with E-state index < -0.39 is 5.97 Å². The van der Waals surface area contributed by atoms with Crippen molar-refractivity contribution in [1.82, 2.24) is 19.6 Å². The second kappa shape index (κ2) is 7.04. The van der Waals surface area contributed by atoms with Crippen molar-refractivity contribution in [1.29, 1.82) is 0 Å².